The van der Waals surface area contributed by atoms with E-state index in [2.05, 4.69) is 45.0 Å². The monoisotopic (exact) mass is 397 g/mol. The molecular formula is C24H23N5O. The first kappa shape index (κ1) is 18.4. The van der Waals surface area contributed by atoms with E-state index in [1.165, 1.54) is 11.1 Å². The largest absolute Gasteiger partial charge is 0.372 e. The van der Waals surface area contributed by atoms with Crippen molar-refractivity contribution < 1.29 is 4.79 Å². The van der Waals surface area contributed by atoms with E-state index in [1.807, 2.05) is 30.3 Å². The van der Waals surface area contributed by atoms with Crippen LogP contribution in [0.25, 0.3) is 16.8 Å². The van der Waals surface area contributed by atoms with Crippen LogP contribution in [-0.4, -0.2) is 34.1 Å². The summed E-state index contributed by atoms with van der Waals surface area (Å²) in [5.41, 5.74) is 5.91. The van der Waals surface area contributed by atoms with Gasteiger partial charge in [-0.25, -0.2) is 4.98 Å². The van der Waals surface area contributed by atoms with Crippen LogP contribution >= 0.6 is 0 Å². The molecule has 2 aromatic heterocycles. The molecule has 4 aromatic rings. The van der Waals surface area contributed by atoms with E-state index in [-0.39, 0.29) is 5.91 Å². The number of carbonyl (C=O) groups excluding carboxylic acids is 1. The molecule has 2 N–H and O–H groups in total. The summed E-state index contributed by atoms with van der Waals surface area (Å²) in [6.45, 7) is 0.616. The third-order valence-corrected chi connectivity index (χ3v) is 5.86. The van der Waals surface area contributed by atoms with Gasteiger partial charge in [-0.05, 0) is 29.5 Å². The van der Waals surface area contributed by atoms with Crippen molar-refractivity contribution in [3.05, 3.63) is 83.7 Å². The Kier molecular flexibility index (Phi) is 4.67. The zero-order valence-corrected chi connectivity index (χ0v) is 16.8. The molecule has 0 saturated heterocycles. The summed E-state index contributed by atoms with van der Waals surface area (Å²) in [4.78, 5) is 17.5. The van der Waals surface area contributed by atoms with Gasteiger partial charge in [0.1, 0.15) is 11.4 Å². The third kappa shape index (κ3) is 3.10. The van der Waals surface area contributed by atoms with Crippen molar-refractivity contribution in [2.45, 2.75) is 18.8 Å². The number of amides is 1. The predicted molar refractivity (Wildman–Crippen MR) is 118 cm³/mol. The summed E-state index contributed by atoms with van der Waals surface area (Å²) >= 11 is 0. The highest BCUT2D eigenvalue weighted by atomic mass is 16.1. The van der Waals surface area contributed by atoms with Crippen molar-refractivity contribution in [3.63, 3.8) is 0 Å². The zero-order chi connectivity index (χ0) is 20.5. The van der Waals surface area contributed by atoms with Crippen LogP contribution < -0.4 is 10.6 Å². The Morgan fingerprint density at radius 3 is 2.73 bits per heavy atom. The number of benzene rings is 2. The number of carbonyl (C=O) groups is 1. The zero-order valence-electron chi connectivity index (χ0n) is 16.8. The van der Waals surface area contributed by atoms with Crippen LogP contribution in [0.3, 0.4) is 0 Å². The van der Waals surface area contributed by atoms with Crippen LogP contribution in [0.15, 0.2) is 67.0 Å². The molecule has 1 aliphatic carbocycles. The molecule has 1 atom stereocenters. The minimum Gasteiger partial charge on any atom is -0.372 e. The fraction of sp³-hybridized carbons (Fsp3) is 0.208. The first-order valence-electron chi connectivity index (χ1n) is 10.2. The van der Waals surface area contributed by atoms with Gasteiger partial charge in [-0.2, -0.15) is 9.61 Å². The van der Waals surface area contributed by atoms with Gasteiger partial charge >= 0.3 is 0 Å². The first-order valence-corrected chi connectivity index (χ1v) is 10.2. The number of hydrogen-bond donors (Lipinski definition) is 2. The van der Waals surface area contributed by atoms with Crippen LogP contribution in [0.2, 0.25) is 0 Å². The molecule has 1 amide bonds. The average molecular weight is 397 g/mol. The number of aromatic nitrogens is 3. The van der Waals surface area contributed by atoms with Gasteiger partial charge in [0, 0.05) is 31.3 Å². The van der Waals surface area contributed by atoms with Crippen molar-refractivity contribution in [3.8, 4) is 11.1 Å². The van der Waals surface area contributed by atoms with Gasteiger partial charge in [0.25, 0.3) is 5.91 Å². The van der Waals surface area contributed by atoms with Crippen molar-refractivity contribution in [2.24, 2.45) is 0 Å². The third-order valence-electron chi connectivity index (χ3n) is 5.86. The van der Waals surface area contributed by atoms with E-state index in [0.29, 0.717) is 29.5 Å². The fourth-order valence-corrected chi connectivity index (χ4v) is 4.33. The number of hydrogen-bond acceptors (Lipinski definition) is 4. The Balaban J connectivity index is 1.41. The summed E-state index contributed by atoms with van der Waals surface area (Å²) in [7, 11) is 1.79. The minimum absolute atomic E-state index is 0.144. The second-order valence-corrected chi connectivity index (χ2v) is 7.57. The van der Waals surface area contributed by atoms with Gasteiger partial charge in [0.15, 0.2) is 5.65 Å². The Labute approximate surface area is 175 Å². The molecule has 0 spiro atoms. The van der Waals surface area contributed by atoms with Crippen molar-refractivity contribution in [1.82, 2.24) is 19.9 Å². The molecule has 2 heterocycles. The molecule has 0 aliphatic heterocycles. The van der Waals surface area contributed by atoms with Gasteiger partial charge in [-0.15, -0.1) is 0 Å². The second kappa shape index (κ2) is 7.63. The number of nitrogens with zero attached hydrogens (tertiary/aromatic N) is 3. The van der Waals surface area contributed by atoms with Crippen molar-refractivity contribution in [1.29, 1.82) is 0 Å². The molecule has 30 heavy (non-hydrogen) atoms. The molecule has 0 radical (unpaired) electrons. The van der Waals surface area contributed by atoms with E-state index >= 15 is 0 Å². The first-order chi connectivity index (χ1) is 14.8. The minimum atomic E-state index is -0.144. The summed E-state index contributed by atoms with van der Waals surface area (Å²) in [6, 6.07) is 18.5. The molecule has 0 saturated carbocycles. The van der Waals surface area contributed by atoms with Crippen LogP contribution in [0.1, 0.15) is 33.8 Å². The van der Waals surface area contributed by atoms with E-state index < -0.39 is 0 Å². The van der Waals surface area contributed by atoms with Gasteiger partial charge in [-0.3, -0.25) is 4.79 Å². The Hall–Kier alpha value is -3.67. The fourth-order valence-electron chi connectivity index (χ4n) is 4.33. The standard InChI is InChI=1S/C24H23N5O/c1-25-22-21(24(30)27-13-18-12-11-17-9-5-6-10-19(17)18)14-26-23-20(15-28-29(22)23)16-7-3-2-4-8-16/h2-10,14-15,18,25H,11-13H2,1H3,(H,27,30). The van der Waals surface area contributed by atoms with Crippen LogP contribution in [0, 0.1) is 0 Å². The van der Waals surface area contributed by atoms with Crippen LogP contribution in [-0.2, 0) is 6.42 Å². The van der Waals surface area contributed by atoms with Crippen LogP contribution in [0.4, 0.5) is 5.82 Å². The van der Waals surface area contributed by atoms with Gasteiger partial charge in [0.05, 0.1) is 6.20 Å². The lowest BCUT2D eigenvalue weighted by atomic mass is 10.0. The number of anilines is 1. The number of nitrogens with one attached hydrogen (secondary N) is 2. The molecule has 6 heteroatoms. The van der Waals surface area contributed by atoms with E-state index in [9.17, 15) is 4.79 Å². The number of aryl methyl sites for hydroxylation is 1. The maximum absolute atomic E-state index is 13.0. The summed E-state index contributed by atoms with van der Waals surface area (Å²) in [5.74, 6) is 0.843. The van der Waals surface area contributed by atoms with Crippen LogP contribution in [0.5, 0.6) is 0 Å². The topological polar surface area (TPSA) is 71.3 Å². The van der Waals surface area contributed by atoms with E-state index in [0.717, 1.165) is 24.0 Å². The SMILES string of the molecule is CNc1c(C(=O)NCC2CCc3ccccc32)cnc2c(-c3ccccc3)cnn12. The van der Waals surface area contributed by atoms with E-state index in [4.69, 9.17) is 0 Å². The summed E-state index contributed by atoms with van der Waals surface area (Å²) in [6.07, 6.45) is 5.56. The van der Waals surface area contributed by atoms with Gasteiger partial charge in [0.2, 0.25) is 0 Å². The van der Waals surface area contributed by atoms with Gasteiger partial charge < -0.3 is 10.6 Å². The quantitative estimate of drug-likeness (QED) is 0.536. The lowest BCUT2D eigenvalue weighted by molar-refractivity contribution is 0.0951. The highest BCUT2D eigenvalue weighted by molar-refractivity contribution is 5.99. The molecule has 0 fully saturated rings. The number of fused-ring (bicyclic) bond motifs is 2. The maximum Gasteiger partial charge on any atom is 0.256 e. The molecule has 2 aromatic carbocycles. The highest BCUT2D eigenvalue weighted by Crippen LogP contribution is 2.32. The highest BCUT2D eigenvalue weighted by Gasteiger charge is 2.24. The summed E-state index contributed by atoms with van der Waals surface area (Å²) < 4.78 is 1.70. The Morgan fingerprint density at radius 2 is 1.90 bits per heavy atom. The molecule has 6 nitrogen and oxygen atoms in total. The molecular weight excluding hydrogens is 374 g/mol. The lowest BCUT2D eigenvalue weighted by Gasteiger charge is -2.15. The molecule has 150 valence electrons. The lowest BCUT2D eigenvalue weighted by Crippen LogP contribution is -2.29. The second-order valence-electron chi connectivity index (χ2n) is 7.57. The van der Waals surface area contributed by atoms with E-state index in [1.54, 1.807) is 24.0 Å². The predicted octanol–water partition coefficient (Wildman–Crippen LogP) is 3.90. The van der Waals surface area contributed by atoms with Gasteiger partial charge in [-0.1, -0.05) is 54.6 Å². The molecule has 5 rings (SSSR count). The Bertz CT molecular complexity index is 1210. The number of rotatable bonds is 5. The molecule has 1 unspecified atom stereocenters. The van der Waals surface area contributed by atoms with Crippen molar-refractivity contribution in [2.75, 3.05) is 18.9 Å². The van der Waals surface area contributed by atoms with Crippen molar-refractivity contribution >= 4 is 17.4 Å². The smallest absolute Gasteiger partial charge is 0.256 e. The Morgan fingerprint density at radius 1 is 1.10 bits per heavy atom. The average Bonchev–Trinajstić information content (AvgIpc) is 3.41. The molecule has 0 bridgehead atoms. The molecule has 1 aliphatic rings. The maximum atomic E-state index is 13.0. The summed E-state index contributed by atoms with van der Waals surface area (Å²) in [5, 5.41) is 10.7. The normalized spacial score (nSPS) is 15.2.